The Labute approximate surface area is 148 Å². The Kier molecular flexibility index (Phi) is 4.24. The van der Waals surface area contributed by atoms with E-state index in [4.69, 9.17) is 16.3 Å². The standard InChI is InChI=1S/C18H17ClN2O2S/c1-24-18-20-14-8-15(23-9-12(14)17(22)21-18)11-6-2-4-10-5-3-7-13(19)16(10)11/h3-5,7,15H,2,6,8-9H2,1H3,(H,20,21,22). The van der Waals surface area contributed by atoms with Crippen molar-refractivity contribution >= 4 is 35.0 Å². The Morgan fingerprint density at radius 3 is 3.12 bits per heavy atom. The van der Waals surface area contributed by atoms with E-state index < -0.39 is 0 Å². The van der Waals surface area contributed by atoms with Crippen molar-refractivity contribution in [3.63, 3.8) is 0 Å². The number of halogens is 1. The summed E-state index contributed by atoms with van der Waals surface area (Å²) in [5.74, 6) is 0. The summed E-state index contributed by atoms with van der Waals surface area (Å²) < 4.78 is 6.03. The van der Waals surface area contributed by atoms with Crippen LogP contribution in [0.3, 0.4) is 0 Å². The van der Waals surface area contributed by atoms with Gasteiger partial charge < -0.3 is 9.72 Å². The predicted octanol–water partition coefficient (Wildman–Crippen LogP) is 2.01. The molecule has 1 aliphatic heterocycles. The van der Waals surface area contributed by atoms with Crippen LogP contribution >= 0.6 is 23.4 Å². The molecule has 2 aromatic rings. The SMILES string of the molecule is CSc1nc2c(c(=O)[nH]1)COC(C1=c3c(Cl)cccc3=CCC1)C2. The van der Waals surface area contributed by atoms with Gasteiger partial charge in [-0.15, -0.1) is 0 Å². The van der Waals surface area contributed by atoms with Crippen LogP contribution in [-0.4, -0.2) is 22.3 Å². The van der Waals surface area contributed by atoms with Gasteiger partial charge in [-0.3, -0.25) is 4.79 Å². The van der Waals surface area contributed by atoms with Gasteiger partial charge in [0.05, 0.1) is 24.0 Å². The average molecular weight is 361 g/mol. The highest BCUT2D eigenvalue weighted by molar-refractivity contribution is 7.98. The number of hydrogen-bond donors (Lipinski definition) is 1. The largest absolute Gasteiger partial charge is 0.368 e. The maximum absolute atomic E-state index is 12.2. The Balaban J connectivity index is 1.82. The van der Waals surface area contributed by atoms with E-state index in [1.807, 2.05) is 18.4 Å². The molecule has 4 rings (SSSR count). The third-order valence-electron chi connectivity index (χ3n) is 4.61. The molecule has 2 heterocycles. The van der Waals surface area contributed by atoms with Gasteiger partial charge in [-0.05, 0) is 36.0 Å². The molecule has 2 aliphatic rings. The summed E-state index contributed by atoms with van der Waals surface area (Å²) in [6.07, 6.45) is 6.57. The van der Waals surface area contributed by atoms with Gasteiger partial charge in [-0.25, -0.2) is 4.98 Å². The van der Waals surface area contributed by atoms with Crippen molar-refractivity contribution in [3.05, 3.63) is 55.3 Å². The maximum Gasteiger partial charge on any atom is 0.257 e. The molecule has 24 heavy (non-hydrogen) atoms. The lowest BCUT2D eigenvalue weighted by Crippen LogP contribution is -2.38. The molecule has 0 bridgehead atoms. The zero-order chi connectivity index (χ0) is 16.7. The number of nitrogens with one attached hydrogen (secondary N) is 1. The van der Waals surface area contributed by atoms with Crippen molar-refractivity contribution in [2.24, 2.45) is 0 Å². The number of benzene rings is 1. The van der Waals surface area contributed by atoms with Crippen molar-refractivity contribution in [1.29, 1.82) is 0 Å². The summed E-state index contributed by atoms with van der Waals surface area (Å²) >= 11 is 7.90. The smallest absolute Gasteiger partial charge is 0.257 e. The molecule has 1 atom stereocenters. The fraction of sp³-hybridized carbons (Fsp3) is 0.333. The van der Waals surface area contributed by atoms with Gasteiger partial charge in [0.2, 0.25) is 0 Å². The van der Waals surface area contributed by atoms with Crippen LogP contribution in [0, 0.1) is 0 Å². The molecule has 6 heteroatoms. The van der Waals surface area contributed by atoms with Gasteiger partial charge in [0.15, 0.2) is 5.16 Å². The van der Waals surface area contributed by atoms with Crippen LogP contribution in [-0.2, 0) is 17.8 Å². The molecule has 0 saturated carbocycles. The minimum absolute atomic E-state index is 0.0751. The topological polar surface area (TPSA) is 55.0 Å². The molecule has 1 unspecified atom stereocenters. The summed E-state index contributed by atoms with van der Waals surface area (Å²) in [4.78, 5) is 19.5. The minimum atomic E-state index is -0.0942. The highest BCUT2D eigenvalue weighted by Crippen LogP contribution is 2.26. The third kappa shape index (κ3) is 2.70. The summed E-state index contributed by atoms with van der Waals surface area (Å²) in [7, 11) is 0. The second kappa shape index (κ2) is 6.39. The maximum atomic E-state index is 12.2. The van der Waals surface area contributed by atoms with E-state index in [1.54, 1.807) is 0 Å². The van der Waals surface area contributed by atoms with E-state index in [2.05, 4.69) is 22.1 Å². The van der Waals surface area contributed by atoms with Crippen molar-refractivity contribution in [2.45, 2.75) is 37.1 Å². The van der Waals surface area contributed by atoms with E-state index in [1.165, 1.54) is 22.6 Å². The number of H-pyrrole nitrogens is 1. The number of thioether (sulfide) groups is 1. The van der Waals surface area contributed by atoms with Gasteiger partial charge in [-0.1, -0.05) is 41.6 Å². The number of aromatic amines is 1. The van der Waals surface area contributed by atoms with Gasteiger partial charge in [-0.2, -0.15) is 0 Å². The number of fused-ring (bicyclic) bond motifs is 2. The Morgan fingerprint density at radius 2 is 2.29 bits per heavy atom. The van der Waals surface area contributed by atoms with Crippen molar-refractivity contribution in [3.8, 4) is 0 Å². The second-order valence-corrected chi connectivity index (χ2v) is 7.18. The minimum Gasteiger partial charge on any atom is -0.368 e. The molecule has 0 amide bonds. The first-order valence-electron chi connectivity index (χ1n) is 7.93. The second-order valence-electron chi connectivity index (χ2n) is 5.98. The first-order valence-corrected chi connectivity index (χ1v) is 9.53. The van der Waals surface area contributed by atoms with Gasteiger partial charge >= 0.3 is 0 Å². The number of ether oxygens (including phenoxy) is 1. The predicted molar refractivity (Wildman–Crippen MR) is 96.7 cm³/mol. The van der Waals surface area contributed by atoms with Crippen LogP contribution in [0.2, 0.25) is 5.02 Å². The fourth-order valence-electron chi connectivity index (χ4n) is 3.46. The van der Waals surface area contributed by atoms with Crippen LogP contribution in [0.25, 0.3) is 11.6 Å². The Bertz CT molecular complexity index is 983. The van der Waals surface area contributed by atoms with Gasteiger partial charge in [0, 0.05) is 16.7 Å². The van der Waals surface area contributed by atoms with Crippen molar-refractivity contribution < 1.29 is 4.74 Å². The average Bonchev–Trinajstić information content (AvgIpc) is 2.61. The van der Waals surface area contributed by atoms with Crippen LogP contribution in [0.15, 0.2) is 28.2 Å². The summed E-state index contributed by atoms with van der Waals surface area (Å²) in [5.41, 5.74) is 2.61. The zero-order valence-corrected chi connectivity index (χ0v) is 14.8. The fourth-order valence-corrected chi connectivity index (χ4v) is 4.16. The highest BCUT2D eigenvalue weighted by atomic mass is 35.5. The number of nitrogens with zero attached hydrogens (tertiary/aromatic N) is 1. The van der Waals surface area contributed by atoms with E-state index in [0.29, 0.717) is 23.7 Å². The molecular weight excluding hydrogens is 344 g/mol. The van der Waals surface area contributed by atoms with Gasteiger partial charge in [0.25, 0.3) is 5.56 Å². The quantitative estimate of drug-likeness (QED) is 0.657. The van der Waals surface area contributed by atoms with Crippen LogP contribution in [0.4, 0.5) is 0 Å². The highest BCUT2D eigenvalue weighted by Gasteiger charge is 2.27. The normalized spacial score (nSPS) is 19.4. The molecule has 0 spiro atoms. The van der Waals surface area contributed by atoms with Crippen molar-refractivity contribution in [1.82, 2.24) is 9.97 Å². The number of rotatable bonds is 2. The Hall–Kier alpha value is -1.56. The van der Waals surface area contributed by atoms with E-state index >= 15 is 0 Å². The number of hydrogen-bond acceptors (Lipinski definition) is 4. The number of aromatic nitrogens is 2. The molecule has 124 valence electrons. The molecule has 0 fully saturated rings. The first-order chi connectivity index (χ1) is 11.7. The molecule has 0 radical (unpaired) electrons. The molecule has 1 aromatic heterocycles. The van der Waals surface area contributed by atoms with Crippen molar-refractivity contribution in [2.75, 3.05) is 6.26 Å². The lowest BCUT2D eigenvalue weighted by atomic mass is 9.91. The van der Waals surface area contributed by atoms with Crippen LogP contribution in [0.1, 0.15) is 24.1 Å². The summed E-state index contributed by atoms with van der Waals surface area (Å²) in [6, 6.07) is 5.99. The third-order valence-corrected chi connectivity index (χ3v) is 5.51. The first kappa shape index (κ1) is 15.9. The molecule has 1 aromatic carbocycles. The molecule has 1 N–H and O–H groups in total. The van der Waals surface area contributed by atoms with E-state index in [0.717, 1.165) is 28.8 Å². The van der Waals surface area contributed by atoms with E-state index in [-0.39, 0.29) is 11.7 Å². The molecule has 1 aliphatic carbocycles. The van der Waals surface area contributed by atoms with E-state index in [9.17, 15) is 4.79 Å². The van der Waals surface area contributed by atoms with Crippen LogP contribution < -0.4 is 16.0 Å². The molecular formula is C18H17ClN2O2S. The summed E-state index contributed by atoms with van der Waals surface area (Å²) in [5, 5.41) is 3.67. The molecule has 4 nitrogen and oxygen atoms in total. The summed E-state index contributed by atoms with van der Waals surface area (Å²) in [6.45, 7) is 0.296. The Morgan fingerprint density at radius 1 is 1.42 bits per heavy atom. The van der Waals surface area contributed by atoms with Gasteiger partial charge in [0.1, 0.15) is 0 Å². The lowest BCUT2D eigenvalue weighted by molar-refractivity contribution is 0.0603. The lowest BCUT2D eigenvalue weighted by Gasteiger charge is -2.27. The monoisotopic (exact) mass is 360 g/mol. The zero-order valence-electron chi connectivity index (χ0n) is 13.3. The molecule has 0 saturated heterocycles. The van der Waals surface area contributed by atoms with Crippen LogP contribution in [0.5, 0.6) is 0 Å².